The maximum atomic E-state index is 9.79. The molecule has 4 rings (SSSR count). The summed E-state index contributed by atoms with van der Waals surface area (Å²) in [5, 5.41) is 13.0. The number of hydrogen-bond donors (Lipinski definition) is 2. The molecule has 2 N–H and O–H groups in total. The number of benzene rings is 2. The normalized spacial score (nSPS) is 12.0. The number of anilines is 2. The van der Waals surface area contributed by atoms with Crippen LogP contribution in [0.2, 0.25) is 0 Å². The van der Waals surface area contributed by atoms with E-state index in [0.717, 1.165) is 27.4 Å². The molecule has 0 spiro atoms. The minimum atomic E-state index is -0.524. The van der Waals surface area contributed by atoms with Crippen LogP contribution in [-0.4, -0.2) is 22.2 Å². The van der Waals surface area contributed by atoms with Crippen molar-refractivity contribution in [1.29, 1.82) is 0 Å². The van der Waals surface area contributed by atoms with Gasteiger partial charge in [0.05, 0.1) is 23.3 Å². The van der Waals surface area contributed by atoms with Crippen LogP contribution in [0.15, 0.2) is 72.9 Å². The summed E-state index contributed by atoms with van der Waals surface area (Å²) in [6.07, 6.45) is 1.23. The lowest BCUT2D eigenvalue weighted by molar-refractivity contribution is 0.185. The highest BCUT2D eigenvalue weighted by Crippen LogP contribution is 2.35. The molecule has 0 saturated carbocycles. The molecule has 4 aromatic rings. The van der Waals surface area contributed by atoms with E-state index >= 15 is 0 Å². The van der Waals surface area contributed by atoms with Crippen LogP contribution in [0.3, 0.4) is 0 Å². The zero-order chi connectivity index (χ0) is 20.9. The third-order valence-electron chi connectivity index (χ3n) is 4.72. The van der Waals surface area contributed by atoms with Gasteiger partial charge in [0.25, 0.3) is 0 Å². The van der Waals surface area contributed by atoms with Crippen molar-refractivity contribution in [2.24, 2.45) is 0 Å². The summed E-state index contributed by atoms with van der Waals surface area (Å²) in [7, 11) is 1.71. The van der Waals surface area contributed by atoms with E-state index in [4.69, 9.17) is 4.74 Å². The first-order chi connectivity index (χ1) is 14.6. The molecule has 0 amide bonds. The van der Waals surface area contributed by atoms with Crippen molar-refractivity contribution < 1.29 is 9.84 Å². The molecular formula is C24H23N3O2S. The first-order valence-electron chi connectivity index (χ1n) is 9.69. The van der Waals surface area contributed by atoms with Crippen molar-refractivity contribution in [2.45, 2.75) is 19.6 Å². The quantitative estimate of drug-likeness (QED) is 0.397. The highest BCUT2D eigenvalue weighted by molar-refractivity contribution is 7.18. The maximum Gasteiger partial charge on any atom is 0.227 e. The van der Waals surface area contributed by atoms with Crippen LogP contribution in [0.5, 0.6) is 0 Å². The molecule has 0 fully saturated rings. The molecule has 0 saturated heterocycles. The molecule has 0 bridgehead atoms. The first-order valence-corrected chi connectivity index (χ1v) is 10.5. The number of thiophene rings is 1. The molecule has 0 radical (unpaired) electrons. The van der Waals surface area contributed by atoms with Crippen LogP contribution in [0.4, 0.5) is 11.6 Å². The lowest BCUT2D eigenvalue weighted by atomic mass is 10.1. The summed E-state index contributed by atoms with van der Waals surface area (Å²) < 4.78 is 5.34. The second kappa shape index (κ2) is 9.17. The van der Waals surface area contributed by atoms with Crippen molar-refractivity contribution in [3.63, 3.8) is 0 Å². The molecule has 1 unspecified atom stereocenters. The molecule has 5 nitrogen and oxygen atoms in total. The predicted molar refractivity (Wildman–Crippen MR) is 122 cm³/mol. The molecule has 152 valence electrons. The minimum Gasteiger partial charge on any atom is -0.389 e. The summed E-state index contributed by atoms with van der Waals surface area (Å²) in [5.41, 5.74) is 4.88. The Balaban J connectivity index is 1.59. The van der Waals surface area contributed by atoms with Crippen LogP contribution < -0.4 is 5.32 Å². The van der Waals surface area contributed by atoms with E-state index in [1.165, 1.54) is 10.4 Å². The number of nitrogens with zero attached hydrogens (tertiary/aromatic N) is 2. The average Bonchev–Trinajstić information content (AvgIpc) is 3.25. The molecule has 2 aromatic heterocycles. The first kappa shape index (κ1) is 20.2. The van der Waals surface area contributed by atoms with Gasteiger partial charge in [0.1, 0.15) is 0 Å². The van der Waals surface area contributed by atoms with E-state index in [1.807, 2.05) is 42.5 Å². The summed E-state index contributed by atoms with van der Waals surface area (Å²) >= 11 is 1.69. The van der Waals surface area contributed by atoms with Gasteiger partial charge < -0.3 is 15.2 Å². The number of hydrogen-bond acceptors (Lipinski definition) is 6. The van der Waals surface area contributed by atoms with Gasteiger partial charge in [0, 0.05) is 23.9 Å². The summed E-state index contributed by atoms with van der Waals surface area (Å²) in [5.74, 6) is 0.518. The molecule has 6 heteroatoms. The van der Waals surface area contributed by atoms with Gasteiger partial charge in [0.2, 0.25) is 5.95 Å². The van der Waals surface area contributed by atoms with E-state index in [1.54, 1.807) is 31.6 Å². The fraction of sp³-hybridized carbons (Fsp3) is 0.167. The largest absolute Gasteiger partial charge is 0.389 e. The second-order valence-corrected chi connectivity index (χ2v) is 8.03. The Morgan fingerprint density at radius 2 is 1.87 bits per heavy atom. The van der Waals surface area contributed by atoms with E-state index in [0.29, 0.717) is 12.6 Å². The van der Waals surface area contributed by atoms with Crippen molar-refractivity contribution in [3.8, 4) is 21.0 Å². The summed E-state index contributed by atoms with van der Waals surface area (Å²) in [6.45, 7) is 2.33. The standard InChI is InChI=1S/C24H23N3O2S/c1-16(28)17-7-5-8-19(14-17)26-24-25-13-12-21(27-24)23-11-10-22(30-23)20-9-4-3-6-18(20)15-29-2/h3-14,16,28H,15H2,1-2H3,(H,25,26,27). The maximum absolute atomic E-state index is 9.79. The van der Waals surface area contributed by atoms with Crippen LogP contribution in [0.25, 0.3) is 21.0 Å². The van der Waals surface area contributed by atoms with Gasteiger partial charge in [-0.15, -0.1) is 11.3 Å². The Hall–Kier alpha value is -3.06. The molecule has 2 heterocycles. The van der Waals surface area contributed by atoms with Gasteiger partial charge >= 0.3 is 0 Å². The Bertz CT molecular complexity index is 1140. The van der Waals surface area contributed by atoms with E-state index in [9.17, 15) is 5.11 Å². The number of rotatable bonds is 7. The van der Waals surface area contributed by atoms with E-state index < -0.39 is 6.10 Å². The van der Waals surface area contributed by atoms with E-state index in [2.05, 4.69) is 39.6 Å². The van der Waals surface area contributed by atoms with Gasteiger partial charge in [-0.05, 0) is 53.9 Å². The zero-order valence-corrected chi connectivity index (χ0v) is 17.7. The van der Waals surface area contributed by atoms with E-state index in [-0.39, 0.29) is 0 Å². The van der Waals surface area contributed by atoms with Crippen molar-refractivity contribution in [3.05, 3.63) is 84.1 Å². The van der Waals surface area contributed by atoms with Crippen molar-refractivity contribution >= 4 is 23.0 Å². The fourth-order valence-electron chi connectivity index (χ4n) is 3.22. The van der Waals surface area contributed by atoms with Crippen molar-refractivity contribution in [2.75, 3.05) is 12.4 Å². The van der Waals surface area contributed by atoms with Crippen LogP contribution >= 0.6 is 11.3 Å². The monoisotopic (exact) mass is 417 g/mol. The van der Waals surface area contributed by atoms with Gasteiger partial charge in [0.15, 0.2) is 0 Å². The lowest BCUT2D eigenvalue weighted by Crippen LogP contribution is -1.99. The number of aromatic nitrogens is 2. The summed E-state index contributed by atoms with van der Waals surface area (Å²) in [6, 6.07) is 22.0. The average molecular weight is 418 g/mol. The number of aliphatic hydroxyl groups excluding tert-OH is 1. The molecule has 2 aromatic carbocycles. The Kier molecular flexibility index (Phi) is 6.18. The zero-order valence-electron chi connectivity index (χ0n) is 16.9. The molecule has 30 heavy (non-hydrogen) atoms. The highest BCUT2D eigenvalue weighted by atomic mass is 32.1. The van der Waals surface area contributed by atoms with Crippen molar-refractivity contribution in [1.82, 2.24) is 9.97 Å². The van der Waals surface area contributed by atoms with Gasteiger partial charge in [-0.3, -0.25) is 0 Å². The van der Waals surface area contributed by atoms with Gasteiger partial charge in [-0.25, -0.2) is 9.97 Å². The van der Waals surface area contributed by atoms with Crippen LogP contribution in [0.1, 0.15) is 24.2 Å². The van der Waals surface area contributed by atoms with Gasteiger partial charge in [-0.1, -0.05) is 36.4 Å². The minimum absolute atomic E-state index is 0.518. The lowest BCUT2D eigenvalue weighted by Gasteiger charge is -2.09. The Morgan fingerprint density at radius 3 is 2.70 bits per heavy atom. The molecule has 0 aliphatic rings. The summed E-state index contributed by atoms with van der Waals surface area (Å²) in [4.78, 5) is 11.3. The molecule has 0 aliphatic heterocycles. The number of nitrogens with one attached hydrogen (secondary N) is 1. The third kappa shape index (κ3) is 4.57. The Labute approximate surface area is 180 Å². The number of methoxy groups -OCH3 is 1. The Morgan fingerprint density at radius 1 is 1.03 bits per heavy atom. The number of aliphatic hydroxyl groups is 1. The molecular weight excluding hydrogens is 394 g/mol. The third-order valence-corrected chi connectivity index (χ3v) is 5.86. The van der Waals surface area contributed by atoms with Crippen LogP contribution in [0, 0.1) is 0 Å². The smallest absolute Gasteiger partial charge is 0.227 e. The van der Waals surface area contributed by atoms with Crippen LogP contribution in [-0.2, 0) is 11.3 Å². The second-order valence-electron chi connectivity index (χ2n) is 6.95. The SMILES string of the molecule is COCc1ccccc1-c1ccc(-c2ccnc(Nc3cccc(C(C)O)c3)n2)s1. The topological polar surface area (TPSA) is 67.3 Å². The fourth-order valence-corrected chi connectivity index (χ4v) is 4.26. The predicted octanol–water partition coefficient (Wildman–Crippen LogP) is 5.82. The van der Waals surface area contributed by atoms with Gasteiger partial charge in [-0.2, -0.15) is 0 Å². The number of ether oxygens (including phenoxy) is 1. The molecule has 1 atom stereocenters. The molecule has 0 aliphatic carbocycles. The highest BCUT2D eigenvalue weighted by Gasteiger charge is 2.11.